The maximum absolute atomic E-state index is 13.6. The zero-order valence-electron chi connectivity index (χ0n) is 21.2. The lowest BCUT2D eigenvalue weighted by molar-refractivity contribution is 0.0703. The summed E-state index contributed by atoms with van der Waals surface area (Å²) in [5, 5.41) is 11.4. The van der Waals surface area contributed by atoms with Gasteiger partial charge in [0, 0.05) is 60.7 Å². The number of morpholine rings is 1. The molecule has 3 atom stereocenters. The lowest BCUT2D eigenvalue weighted by Crippen LogP contribution is -2.49. The second kappa shape index (κ2) is 9.57. The smallest absolute Gasteiger partial charge is 0.282 e. The van der Waals surface area contributed by atoms with Crippen LogP contribution < -0.4 is 5.32 Å². The van der Waals surface area contributed by atoms with Crippen LogP contribution in [0.2, 0.25) is 0 Å². The van der Waals surface area contributed by atoms with Gasteiger partial charge in [0.15, 0.2) is 0 Å². The lowest BCUT2D eigenvalue weighted by Gasteiger charge is -2.32. The maximum Gasteiger partial charge on any atom is 0.282 e. The van der Waals surface area contributed by atoms with Gasteiger partial charge < -0.3 is 15.5 Å². The molecule has 6 rings (SSSR count). The van der Waals surface area contributed by atoms with E-state index in [1.807, 2.05) is 37.3 Å². The molecule has 0 bridgehead atoms. The Balaban J connectivity index is 1.38. The van der Waals surface area contributed by atoms with E-state index in [0.717, 1.165) is 22.5 Å². The third-order valence-electron chi connectivity index (χ3n) is 8.31. The van der Waals surface area contributed by atoms with Crippen molar-refractivity contribution < 1.29 is 17.5 Å². The Morgan fingerprint density at radius 3 is 2.45 bits per heavy atom. The first-order valence-corrected chi connectivity index (χ1v) is 14.3. The van der Waals surface area contributed by atoms with Crippen LogP contribution in [0, 0.1) is 24.1 Å². The topological polar surface area (TPSA) is 85.7 Å². The van der Waals surface area contributed by atoms with Gasteiger partial charge in [-0.3, -0.25) is 0 Å². The summed E-state index contributed by atoms with van der Waals surface area (Å²) in [6, 6.07) is 20.5. The van der Waals surface area contributed by atoms with Gasteiger partial charge in [-0.2, -0.15) is 17.0 Å². The first kappa shape index (κ1) is 25.2. The molecule has 3 fully saturated rings. The molecule has 2 saturated heterocycles. The van der Waals surface area contributed by atoms with Crippen molar-refractivity contribution in [3.05, 3.63) is 94.8 Å². The fourth-order valence-corrected chi connectivity index (χ4v) is 8.14. The Morgan fingerprint density at radius 2 is 1.76 bits per heavy atom. The molecule has 0 aromatic heterocycles. The van der Waals surface area contributed by atoms with Gasteiger partial charge in [-0.05, 0) is 65.9 Å². The molecule has 9 heteroatoms. The molecule has 3 aliphatic rings. The number of nitrogens with zero attached hydrogens (tertiary/aromatic N) is 2. The summed E-state index contributed by atoms with van der Waals surface area (Å²) in [4.78, 5) is 0. The Kier molecular flexibility index (Phi) is 6.34. The summed E-state index contributed by atoms with van der Waals surface area (Å²) >= 11 is 0. The van der Waals surface area contributed by atoms with E-state index < -0.39 is 10.2 Å². The van der Waals surface area contributed by atoms with E-state index in [-0.39, 0.29) is 23.1 Å². The molecule has 1 saturated carbocycles. The van der Waals surface area contributed by atoms with Crippen molar-refractivity contribution in [3.63, 3.8) is 0 Å². The van der Waals surface area contributed by atoms with Crippen molar-refractivity contribution in [1.82, 2.24) is 8.61 Å². The van der Waals surface area contributed by atoms with Gasteiger partial charge in [0.2, 0.25) is 0 Å². The first-order chi connectivity index (χ1) is 18.3. The molecule has 0 unspecified atom stereocenters. The number of benzene rings is 3. The molecular formula is C29H31FN4O3S. The van der Waals surface area contributed by atoms with Crippen molar-refractivity contribution in [2.24, 2.45) is 5.92 Å². The molecule has 3 aromatic carbocycles. The molecule has 1 aliphatic carbocycles. The summed E-state index contributed by atoms with van der Waals surface area (Å²) in [5.74, 6) is 0.0416. The van der Waals surface area contributed by atoms with Gasteiger partial charge in [0.05, 0.1) is 13.2 Å². The molecule has 7 nitrogen and oxygen atoms in total. The minimum atomic E-state index is -3.60. The Morgan fingerprint density at radius 1 is 1.05 bits per heavy atom. The van der Waals surface area contributed by atoms with Crippen LogP contribution in [0.15, 0.2) is 66.7 Å². The zero-order chi connectivity index (χ0) is 26.5. The van der Waals surface area contributed by atoms with Crippen molar-refractivity contribution in [2.75, 3.05) is 44.7 Å². The second-order valence-corrected chi connectivity index (χ2v) is 12.3. The maximum atomic E-state index is 13.6. The van der Waals surface area contributed by atoms with Gasteiger partial charge in [-0.1, -0.05) is 30.3 Å². The number of hydrogen-bond donors (Lipinski definition) is 2. The van der Waals surface area contributed by atoms with Crippen LogP contribution in [0.1, 0.15) is 28.2 Å². The number of fused-ring (bicyclic) bond motifs is 1. The molecule has 198 valence electrons. The number of nitrogens with one attached hydrogen (secondary N) is 2. The third kappa shape index (κ3) is 4.14. The fraction of sp³-hybridized carbons (Fsp3) is 0.345. The van der Waals surface area contributed by atoms with Gasteiger partial charge in [0.1, 0.15) is 5.82 Å². The zero-order valence-corrected chi connectivity index (χ0v) is 22.0. The Labute approximate surface area is 222 Å². The monoisotopic (exact) mass is 534 g/mol. The highest BCUT2D eigenvalue weighted by Gasteiger charge is 2.71. The molecule has 3 aromatic rings. The van der Waals surface area contributed by atoms with E-state index >= 15 is 0 Å². The van der Waals surface area contributed by atoms with E-state index in [0.29, 0.717) is 45.0 Å². The largest absolute Gasteiger partial charge is 0.379 e. The van der Waals surface area contributed by atoms with Gasteiger partial charge in [-0.25, -0.2) is 4.39 Å². The normalized spacial score (nSPS) is 25.6. The highest BCUT2D eigenvalue weighted by molar-refractivity contribution is 7.86. The standard InChI is InChI=1S/C29H31FN4O3S/c1-20-15-27(32-24-9-7-23(30)8-10-24)22(17-31)16-25(20)29-19-34(38(35,36)33-11-13-37-14-12-33)18-26(29)28(29)21-5-3-2-4-6-21/h2-10,15-17,26,28,31-32H,11-14,18-19H2,1H3/t26-,28-,29+/m0/s1. The van der Waals surface area contributed by atoms with E-state index in [9.17, 15) is 12.8 Å². The van der Waals surface area contributed by atoms with Crippen LogP contribution in [-0.2, 0) is 20.4 Å². The third-order valence-corrected chi connectivity index (χ3v) is 10.3. The Bertz CT molecular complexity index is 1460. The van der Waals surface area contributed by atoms with Gasteiger partial charge >= 0.3 is 0 Å². The van der Waals surface area contributed by atoms with Crippen LogP contribution in [0.4, 0.5) is 15.8 Å². The minimum absolute atomic E-state index is 0.147. The first-order valence-electron chi connectivity index (χ1n) is 12.9. The van der Waals surface area contributed by atoms with Crippen LogP contribution >= 0.6 is 0 Å². The number of rotatable bonds is 7. The average molecular weight is 535 g/mol. The minimum Gasteiger partial charge on any atom is -0.379 e. The Hall–Kier alpha value is -3.11. The number of ether oxygens (including phenoxy) is 1. The molecule has 2 aliphatic heterocycles. The van der Waals surface area contributed by atoms with Crippen molar-refractivity contribution in [2.45, 2.75) is 18.3 Å². The van der Waals surface area contributed by atoms with Crippen molar-refractivity contribution in [1.29, 1.82) is 5.41 Å². The van der Waals surface area contributed by atoms with E-state index in [2.05, 4.69) is 17.4 Å². The number of aryl methyl sites for hydroxylation is 1. The van der Waals surface area contributed by atoms with Crippen LogP contribution in [0.5, 0.6) is 0 Å². The van der Waals surface area contributed by atoms with Crippen LogP contribution in [0.3, 0.4) is 0 Å². The average Bonchev–Trinajstić information content (AvgIpc) is 3.39. The summed E-state index contributed by atoms with van der Waals surface area (Å²) in [6.45, 7) is 4.49. The summed E-state index contributed by atoms with van der Waals surface area (Å²) < 4.78 is 49.1. The molecule has 2 N–H and O–H groups in total. The SMILES string of the molecule is Cc1cc(Nc2ccc(F)cc2)c(C=N)cc1[C@]12CN(S(=O)(=O)N3CCOCC3)C[C@H]1[C@@H]2c1ccccc1. The number of piperidine rings is 1. The molecule has 0 radical (unpaired) electrons. The van der Waals surface area contributed by atoms with Crippen LogP contribution in [0.25, 0.3) is 0 Å². The van der Waals surface area contributed by atoms with E-state index in [4.69, 9.17) is 10.1 Å². The number of anilines is 2. The molecule has 0 spiro atoms. The van der Waals surface area contributed by atoms with Gasteiger partial charge in [-0.15, -0.1) is 0 Å². The van der Waals surface area contributed by atoms with Crippen molar-refractivity contribution in [3.8, 4) is 0 Å². The molecular weight excluding hydrogens is 503 g/mol. The molecule has 0 amide bonds. The summed E-state index contributed by atoms with van der Waals surface area (Å²) in [5.41, 5.74) is 5.16. The van der Waals surface area contributed by atoms with Crippen LogP contribution in [-0.4, -0.2) is 62.6 Å². The fourth-order valence-electron chi connectivity index (χ4n) is 6.48. The quantitative estimate of drug-likeness (QED) is 0.440. The van der Waals surface area contributed by atoms with Gasteiger partial charge in [0.25, 0.3) is 10.2 Å². The highest BCUT2D eigenvalue weighted by atomic mass is 32.2. The molecule has 38 heavy (non-hydrogen) atoms. The number of hydrogen-bond acceptors (Lipinski definition) is 5. The van der Waals surface area contributed by atoms with Crippen molar-refractivity contribution >= 4 is 27.8 Å². The molecule has 2 heterocycles. The lowest BCUT2D eigenvalue weighted by atomic mass is 9.86. The highest BCUT2D eigenvalue weighted by Crippen LogP contribution is 2.70. The van der Waals surface area contributed by atoms with E-state index in [1.165, 1.54) is 28.2 Å². The second-order valence-electron chi connectivity index (χ2n) is 10.4. The van der Waals surface area contributed by atoms with E-state index in [1.54, 1.807) is 16.4 Å². The predicted molar refractivity (Wildman–Crippen MR) is 146 cm³/mol. The summed E-state index contributed by atoms with van der Waals surface area (Å²) in [6.07, 6.45) is 1.32. The number of halogens is 1. The summed E-state index contributed by atoms with van der Waals surface area (Å²) in [7, 11) is -3.60. The predicted octanol–water partition coefficient (Wildman–Crippen LogP) is 4.42.